The van der Waals surface area contributed by atoms with Crippen LogP contribution in [0.5, 0.6) is 11.5 Å². The molecule has 0 aliphatic carbocycles. The van der Waals surface area contributed by atoms with Gasteiger partial charge in [-0.1, -0.05) is 55.8 Å². The van der Waals surface area contributed by atoms with E-state index in [1.165, 1.54) is 30.3 Å². The summed E-state index contributed by atoms with van der Waals surface area (Å²) in [6, 6.07) is 19.5. The lowest BCUT2D eigenvalue weighted by atomic mass is 9.98. The summed E-state index contributed by atoms with van der Waals surface area (Å²) in [6.07, 6.45) is 0.785. The number of carbonyl (C=O) groups excluding carboxylic acids is 1. The van der Waals surface area contributed by atoms with Gasteiger partial charge in [0.2, 0.25) is 0 Å². The van der Waals surface area contributed by atoms with E-state index in [2.05, 4.69) is 0 Å². The van der Waals surface area contributed by atoms with Gasteiger partial charge in [-0.25, -0.2) is 18.0 Å². The van der Waals surface area contributed by atoms with E-state index in [9.17, 15) is 23.1 Å². The zero-order valence-electron chi connectivity index (χ0n) is 21.0. The lowest BCUT2D eigenvalue weighted by Crippen LogP contribution is -2.12. The molecule has 4 nitrogen and oxygen atoms in total. The lowest BCUT2D eigenvalue weighted by Gasteiger charge is -2.12. The number of benzene rings is 4. The van der Waals surface area contributed by atoms with E-state index in [1.807, 2.05) is 6.92 Å². The highest BCUT2D eigenvalue weighted by molar-refractivity contribution is 5.92. The average Bonchev–Trinajstić information content (AvgIpc) is 2.91. The van der Waals surface area contributed by atoms with E-state index in [1.54, 1.807) is 55.5 Å². The molecule has 0 heterocycles. The van der Waals surface area contributed by atoms with Crippen LogP contribution in [0, 0.1) is 17.5 Å². The molecule has 0 bridgehead atoms. The Balaban J connectivity index is 1.49. The zero-order valence-corrected chi connectivity index (χ0v) is 21.0. The van der Waals surface area contributed by atoms with Gasteiger partial charge in [-0.3, -0.25) is 0 Å². The van der Waals surface area contributed by atoms with Crippen LogP contribution in [0.3, 0.4) is 0 Å². The van der Waals surface area contributed by atoms with Crippen LogP contribution in [0.2, 0.25) is 0 Å². The highest BCUT2D eigenvalue weighted by Crippen LogP contribution is 2.30. The number of carbonyl (C=O) groups is 1. The van der Waals surface area contributed by atoms with Crippen LogP contribution >= 0.6 is 0 Å². The number of hydrogen-bond donors (Lipinski definition) is 1. The molecule has 0 aromatic heterocycles. The van der Waals surface area contributed by atoms with Crippen molar-refractivity contribution in [3.05, 3.63) is 107 Å². The fraction of sp³-hybridized carbons (Fsp3) is 0.194. The Labute approximate surface area is 219 Å². The third kappa shape index (κ3) is 5.89. The lowest BCUT2D eigenvalue weighted by molar-refractivity contribution is 0.0728. The van der Waals surface area contributed by atoms with Gasteiger partial charge in [0.15, 0.2) is 11.6 Å². The molecule has 4 aromatic rings. The molecule has 1 N–H and O–H groups in total. The maximum Gasteiger partial charge on any atom is 0.346 e. The third-order valence-electron chi connectivity index (χ3n) is 6.10. The summed E-state index contributed by atoms with van der Waals surface area (Å²) in [5.41, 5.74) is 1.40. The number of halogens is 3. The number of hydrogen-bond acceptors (Lipinski definition) is 4. The molecule has 0 saturated heterocycles. The number of esters is 1. The Morgan fingerprint density at radius 2 is 1.39 bits per heavy atom. The molecule has 0 aliphatic heterocycles. The molecule has 0 aliphatic rings. The molecule has 0 amide bonds. The van der Waals surface area contributed by atoms with Crippen LogP contribution in [-0.4, -0.2) is 17.7 Å². The summed E-state index contributed by atoms with van der Waals surface area (Å²) in [4.78, 5) is 12.6. The molecule has 196 valence electrons. The van der Waals surface area contributed by atoms with Crippen LogP contribution in [0.15, 0.2) is 78.9 Å². The second-order valence-corrected chi connectivity index (χ2v) is 8.70. The van der Waals surface area contributed by atoms with Crippen molar-refractivity contribution in [1.82, 2.24) is 0 Å². The van der Waals surface area contributed by atoms with Gasteiger partial charge in [0, 0.05) is 17.2 Å². The average molecular weight is 521 g/mol. The van der Waals surface area contributed by atoms with E-state index < -0.39 is 35.1 Å². The van der Waals surface area contributed by atoms with Crippen LogP contribution in [0.1, 0.15) is 48.7 Å². The topological polar surface area (TPSA) is 55.8 Å². The maximum absolute atomic E-state index is 14.9. The molecule has 0 saturated carbocycles. The fourth-order valence-electron chi connectivity index (χ4n) is 4.11. The first kappa shape index (κ1) is 26.9. The molecule has 0 spiro atoms. The molecule has 4 aromatic carbocycles. The zero-order chi connectivity index (χ0) is 27.2. The van der Waals surface area contributed by atoms with E-state index >= 15 is 0 Å². The molecular weight excluding hydrogens is 493 g/mol. The van der Waals surface area contributed by atoms with Gasteiger partial charge in [0.05, 0.1) is 18.3 Å². The normalized spacial score (nSPS) is 11.7. The predicted molar refractivity (Wildman–Crippen MR) is 140 cm³/mol. The largest absolute Gasteiger partial charge is 0.494 e. The van der Waals surface area contributed by atoms with Gasteiger partial charge in [-0.05, 0) is 60.4 Å². The van der Waals surface area contributed by atoms with Crippen molar-refractivity contribution in [2.24, 2.45) is 0 Å². The van der Waals surface area contributed by atoms with Crippen molar-refractivity contribution in [1.29, 1.82) is 0 Å². The van der Waals surface area contributed by atoms with Crippen molar-refractivity contribution in [2.45, 2.75) is 32.8 Å². The first-order valence-corrected chi connectivity index (χ1v) is 12.3. The van der Waals surface area contributed by atoms with Gasteiger partial charge >= 0.3 is 5.97 Å². The molecule has 1 unspecified atom stereocenters. The number of ether oxygens (including phenoxy) is 2. The Hall–Kier alpha value is -4.10. The Kier molecular flexibility index (Phi) is 8.48. The molecule has 38 heavy (non-hydrogen) atoms. The van der Waals surface area contributed by atoms with Crippen molar-refractivity contribution in [2.75, 3.05) is 6.61 Å². The molecular formula is C31H27F3O4. The van der Waals surface area contributed by atoms with Crippen LogP contribution in [0.25, 0.3) is 22.3 Å². The first-order chi connectivity index (χ1) is 18.3. The van der Waals surface area contributed by atoms with Crippen LogP contribution < -0.4 is 9.47 Å². The number of aliphatic hydroxyl groups is 1. The highest BCUT2D eigenvalue weighted by Gasteiger charge is 2.21. The second kappa shape index (κ2) is 12.0. The fourth-order valence-corrected chi connectivity index (χ4v) is 4.11. The smallest absolute Gasteiger partial charge is 0.346 e. The number of rotatable bonds is 9. The summed E-state index contributed by atoms with van der Waals surface area (Å²) in [5.74, 6) is -3.52. The van der Waals surface area contributed by atoms with E-state index in [0.29, 0.717) is 41.0 Å². The SMILES string of the molecule is CCCC(O)c1ccc(-c2ccc(C(=O)Oc3ccc(-c4ccc(OCC)cc4F)cc3)c(F)c2F)cc1. The van der Waals surface area contributed by atoms with Gasteiger partial charge < -0.3 is 14.6 Å². The summed E-state index contributed by atoms with van der Waals surface area (Å²) in [5, 5.41) is 10.1. The molecule has 7 heteroatoms. The van der Waals surface area contributed by atoms with Gasteiger partial charge in [-0.15, -0.1) is 0 Å². The number of aliphatic hydroxyl groups excluding tert-OH is 1. The Bertz CT molecular complexity index is 1420. The summed E-state index contributed by atoms with van der Waals surface area (Å²) in [6.45, 7) is 4.19. The monoisotopic (exact) mass is 520 g/mol. The quantitative estimate of drug-likeness (QED) is 0.180. The summed E-state index contributed by atoms with van der Waals surface area (Å²) in [7, 11) is 0. The van der Waals surface area contributed by atoms with E-state index in [4.69, 9.17) is 9.47 Å². The minimum Gasteiger partial charge on any atom is -0.494 e. The molecule has 1 atom stereocenters. The third-order valence-corrected chi connectivity index (χ3v) is 6.10. The maximum atomic E-state index is 14.9. The Morgan fingerprint density at radius 1 is 0.789 bits per heavy atom. The summed E-state index contributed by atoms with van der Waals surface area (Å²) < 4.78 is 54.7. The summed E-state index contributed by atoms with van der Waals surface area (Å²) >= 11 is 0. The Morgan fingerprint density at radius 3 is 2.03 bits per heavy atom. The van der Waals surface area contributed by atoms with Crippen molar-refractivity contribution < 1.29 is 32.5 Å². The minimum atomic E-state index is -1.32. The van der Waals surface area contributed by atoms with Gasteiger partial charge in [0.25, 0.3) is 0 Å². The standard InChI is InChI=1S/C31H27F3O4/c1-3-5-28(35)21-8-6-20(7-9-21)25-16-17-26(30(34)29(25)33)31(36)38-22-12-10-19(11-13-22)24-15-14-23(37-4-2)18-27(24)32/h6-18,28,35H,3-5H2,1-2H3. The van der Waals surface area contributed by atoms with Crippen molar-refractivity contribution in [3.8, 4) is 33.8 Å². The van der Waals surface area contributed by atoms with Crippen molar-refractivity contribution >= 4 is 5.97 Å². The van der Waals surface area contributed by atoms with Crippen LogP contribution in [0.4, 0.5) is 13.2 Å². The molecule has 4 rings (SSSR count). The van der Waals surface area contributed by atoms with Crippen molar-refractivity contribution in [3.63, 3.8) is 0 Å². The minimum absolute atomic E-state index is 0.0164. The highest BCUT2D eigenvalue weighted by atomic mass is 19.2. The molecule has 0 radical (unpaired) electrons. The van der Waals surface area contributed by atoms with E-state index in [-0.39, 0.29) is 11.3 Å². The molecule has 0 fully saturated rings. The van der Waals surface area contributed by atoms with Gasteiger partial charge in [0.1, 0.15) is 17.3 Å². The predicted octanol–water partition coefficient (Wildman–Crippen LogP) is 7.89. The van der Waals surface area contributed by atoms with Gasteiger partial charge in [-0.2, -0.15) is 0 Å². The second-order valence-electron chi connectivity index (χ2n) is 8.70. The van der Waals surface area contributed by atoms with E-state index in [0.717, 1.165) is 6.42 Å². The van der Waals surface area contributed by atoms with Crippen LogP contribution in [-0.2, 0) is 0 Å². The first-order valence-electron chi connectivity index (χ1n) is 12.3.